The molecule has 0 aliphatic rings. The molecule has 0 saturated heterocycles. The maximum atomic E-state index is 9.22. The molecular weight excluding hydrogens is 196 g/mol. The van der Waals surface area contributed by atoms with E-state index in [2.05, 4.69) is 51.7 Å². The Morgan fingerprint density at radius 3 is 2.25 bits per heavy atom. The second-order valence-electron chi connectivity index (χ2n) is 4.73. The highest BCUT2D eigenvalue weighted by Crippen LogP contribution is 2.25. The lowest BCUT2D eigenvalue weighted by Crippen LogP contribution is -2.05. The van der Waals surface area contributed by atoms with Gasteiger partial charge in [0, 0.05) is 5.69 Å². The summed E-state index contributed by atoms with van der Waals surface area (Å²) >= 11 is 0. The lowest BCUT2D eigenvalue weighted by molar-refractivity contribution is 0.779. The fourth-order valence-corrected chi connectivity index (χ4v) is 1.78. The number of aromatic nitrogens is 1. The van der Waals surface area contributed by atoms with Crippen LogP contribution in [0.4, 0.5) is 0 Å². The van der Waals surface area contributed by atoms with E-state index < -0.39 is 0 Å². The number of nitrogens with zero attached hydrogens (tertiary/aromatic N) is 2. The van der Waals surface area contributed by atoms with Crippen LogP contribution >= 0.6 is 0 Å². The molecular formula is C14H20N2. The van der Waals surface area contributed by atoms with Crippen molar-refractivity contribution >= 4 is 0 Å². The van der Waals surface area contributed by atoms with Gasteiger partial charge in [-0.2, -0.15) is 5.26 Å². The highest BCUT2D eigenvalue weighted by Gasteiger charge is 2.15. The average molecular weight is 216 g/mol. The van der Waals surface area contributed by atoms with Gasteiger partial charge in [0.2, 0.25) is 0 Å². The van der Waals surface area contributed by atoms with Crippen LogP contribution in [0.2, 0.25) is 0 Å². The average Bonchev–Trinajstić information content (AvgIpc) is 2.26. The van der Waals surface area contributed by atoms with E-state index in [4.69, 9.17) is 0 Å². The molecule has 0 aliphatic carbocycles. The van der Waals surface area contributed by atoms with Crippen LogP contribution in [-0.4, -0.2) is 4.98 Å². The molecule has 86 valence electrons. The zero-order valence-electron chi connectivity index (χ0n) is 10.8. The van der Waals surface area contributed by atoms with Crippen LogP contribution in [0, 0.1) is 11.3 Å². The van der Waals surface area contributed by atoms with Gasteiger partial charge in [-0.25, -0.2) is 0 Å². The fourth-order valence-electron chi connectivity index (χ4n) is 1.78. The standard InChI is InChI=1S/C14H20N2/c1-6-13-12(8-15)11(9(2)3)7-14(16-13)10(4)5/h7,9-10H,6H2,1-5H3. The van der Waals surface area contributed by atoms with Gasteiger partial charge in [0.15, 0.2) is 0 Å². The molecule has 0 fully saturated rings. The second kappa shape index (κ2) is 5.12. The fraction of sp³-hybridized carbons (Fsp3) is 0.571. The highest BCUT2D eigenvalue weighted by atomic mass is 14.7. The Balaban J connectivity index is 3.45. The van der Waals surface area contributed by atoms with Crippen LogP contribution in [0.5, 0.6) is 0 Å². The van der Waals surface area contributed by atoms with Crippen molar-refractivity contribution in [1.29, 1.82) is 5.26 Å². The number of hydrogen-bond donors (Lipinski definition) is 0. The van der Waals surface area contributed by atoms with Crippen molar-refractivity contribution in [2.45, 2.75) is 52.9 Å². The molecule has 0 aromatic carbocycles. The van der Waals surface area contributed by atoms with Crippen LogP contribution < -0.4 is 0 Å². The molecule has 0 unspecified atom stereocenters. The maximum absolute atomic E-state index is 9.22. The van der Waals surface area contributed by atoms with Crippen molar-refractivity contribution in [3.05, 3.63) is 28.6 Å². The molecule has 0 radical (unpaired) electrons. The Morgan fingerprint density at radius 1 is 1.25 bits per heavy atom. The molecule has 0 aliphatic heterocycles. The first-order chi connectivity index (χ1) is 7.51. The molecule has 2 heteroatoms. The van der Waals surface area contributed by atoms with Crippen molar-refractivity contribution in [3.63, 3.8) is 0 Å². The van der Waals surface area contributed by atoms with Crippen LogP contribution in [0.3, 0.4) is 0 Å². The van der Waals surface area contributed by atoms with Crippen molar-refractivity contribution in [1.82, 2.24) is 4.98 Å². The molecule has 0 saturated carbocycles. The predicted molar refractivity (Wildman–Crippen MR) is 66.5 cm³/mol. The van der Waals surface area contributed by atoms with E-state index in [0.717, 1.165) is 28.9 Å². The number of pyridine rings is 1. The van der Waals surface area contributed by atoms with Gasteiger partial charge in [0.05, 0.1) is 11.3 Å². The normalized spacial score (nSPS) is 10.9. The minimum absolute atomic E-state index is 0.375. The summed E-state index contributed by atoms with van der Waals surface area (Å²) in [6.07, 6.45) is 0.823. The molecule has 0 amide bonds. The molecule has 16 heavy (non-hydrogen) atoms. The third kappa shape index (κ3) is 2.41. The SMILES string of the molecule is CCc1nc(C(C)C)cc(C(C)C)c1C#N. The Labute approximate surface area is 98.3 Å². The van der Waals surface area contributed by atoms with Crippen LogP contribution in [0.1, 0.15) is 69.0 Å². The minimum atomic E-state index is 0.375. The predicted octanol–water partition coefficient (Wildman–Crippen LogP) is 3.76. The van der Waals surface area contributed by atoms with Crippen molar-refractivity contribution in [2.75, 3.05) is 0 Å². The highest BCUT2D eigenvalue weighted by molar-refractivity contribution is 5.44. The van der Waals surface area contributed by atoms with Crippen LogP contribution in [-0.2, 0) is 6.42 Å². The largest absolute Gasteiger partial charge is 0.256 e. The van der Waals surface area contributed by atoms with E-state index in [1.807, 2.05) is 0 Å². The monoisotopic (exact) mass is 216 g/mol. The van der Waals surface area contributed by atoms with Gasteiger partial charge < -0.3 is 0 Å². The molecule has 1 aromatic rings. The first-order valence-electron chi connectivity index (χ1n) is 5.95. The van der Waals surface area contributed by atoms with Gasteiger partial charge >= 0.3 is 0 Å². The molecule has 2 nitrogen and oxygen atoms in total. The van der Waals surface area contributed by atoms with Crippen molar-refractivity contribution in [2.24, 2.45) is 0 Å². The van der Waals surface area contributed by atoms with Gasteiger partial charge in [-0.1, -0.05) is 34.6 Å². The van der Waals surface area contributed by atoms with E-state index in [9.17, 15) is 5.26 Å². The first kappa shape index (κ1) is 12.7. The van der Waals surface area contributed by atoms with Gasteiger partial charge in [-0.3, -0.25) is 4.98 Å². The van der Waals surface area contributed by atoms with Crippen molar-refractivity contribution < 1.29 is 0 Å². The second-order valence-corrected chi connectivity index (χ2v) is 4.73. The molecule has 1 rings (SSSR count). The number of rotatable bonds is 3. The van der Waals surface area contributed by atoms with Crippen LogP contribution in [0.25, 0.3) is 0 Å². The van der Waals surface area contributed by atoms with E-state index in [1.165, 1.54) is 0 Å². The minimum Gasteiger partial charge on any atom is -0.256 e. The third-order valence-electron chi connectivity index (χ3n) is 2.80. The maximum Gasteiger partial charge on any atom is 0.101 e. The molecule has 0 atom stereocenters. The Morgan fingerprint density at radius 2 is 1.88 bits per heavy atom. The lowest BCUT2D eigenvalue weighted by atomic mass is 9.93. The van der Waals surface area contributed by atoms with Gasteiger partial charge in [-0.15, -0.1) is 0 Å². The number of nitriles is 1. The molecule has 0 N–H and O–H groups in total. The molecule has 1 heterocycles. The Hall–Kier alpha value is -1.36. The summed E-state index contributed by atoms with van der Waals surface area (Å²) < 4.78 is 0. The van der Waals surface area contributed by atoms with E-state index in [-0.39, 0.29) is 0 Å². The quantitative estimate of drug-likeness (QED) is 0.771. The van der Waals surface area contributed by atoms with E-state index in [0.29, 0.717) is 11.8 Å². The summed E-state index contributed by atoms with van der Waals surface area (Å²) in [7, 11) is 0. The van der Waals surface area contributed by atoms with Crippen molar-refractivity contribution in [3.8, 4) is 6.07 Å². The summed E-state index contributed by atoms with van der Waals surface area (Å²) in [5.74, 6) is 0.788. The van der Waals surface area contributed by atoms with E-state index >= 15 is 0 Å². The lowest BCUT2D eigenvalue weighted by Gasteiger charge is -2.15. The van der Waals surface area contributed by atoms with E-state index in [1.54, 1.807) is 0 Å². The smallest absolute Gasteiger partial charge is 0.101 e. The zero-order valence-corrected chi connectivity index (χ0v) is 10.8. The van der Waals surface area contributed by atoms with Gasteiger partial charge in [0.25, 0.3) is 0 Å². The topological polar surface area (TPSA) is 36.7 Å². The molecule has 1 aromatic heterocycles. The zero-order chi connectivity index (χ0) is 12.3. The Kier molecular flexibility index (Phi) is 4.06. The van der Waals surface area contributed by atoms with Gasteiger partial charge in [0.1, 0.15) is 6.07 Å². The summed E-state index contributed by atoms with van der Waals surface area (Å²) in [5, 5.41) is 9.22. The summed E-state index contributed by atoms with van der Waals surface area (Å²) in [6.45, 7) is 10.6. The Bertz CT molecular complexity index is 411. The molecule has 0 spiro atoms. The van der Waals surface area contributed by atoms with Gasteiger partial charge in [-0.05, 0) is 29.9 Å². The number of hydrogen-bond acceptors (Lipinski definition) is 2. The summed E-state index contributed by atoms with van der Waals surface area (Å²) in [6, 6.07) is 4.39. The first-order valence-corrected chi connectivity index (χ1v) is 5.95. The summed E-state index contributed by atoms with van der Waals surface area (Å²) in [5.41, 5.74) is 3.96. The van der Waals surface area contributed by atoms with Crippen LogP contribution in [0.15, 0.2) is 6.07 Å². The third-order valence-corrected chi connectivity index (χ3v) is 2.80. The summed E-state index contributed by atoms with van der Waals surface area (Å²) in [4.78, 5) is 4.58. The number of aryl methyl sites for hydroxylation is 1. The molecule has 0 bridgehead atoms.